The van der Waals surface area contributed by atoms with Gasteiger partial charge in [-0.15, -0.1) is 0 Å². The minimum Gasteiger partial charge on any atom is -0.484 e. The number of rotatable bonds is 4. The van der Waals surface area contributed by atoms with Crippen LogP contribution in [-0.2, 0) is 4.79 Å². The Kier molecular flexibility index (Phi) is 5.78. The van der Waals surface area contributed by atoms with E-state index in [2.05, 4.69) is 17.6 Å². The molecule has 27 heavy (non-hydrogen) atoms. The van der Waals surface area contributed by atoms with Crippen molar-refractivity contribution < 1.29 is 18.7 Å². The molecule has 2 unspecified atom stereocenters. The first-order valence-electron chi connectivity index (χ1n) is 9.20. The third-order valence-corrected chi connectivity index (χ3v) is 4.97. The van der Waals surface area contributed by atoms with Crippen LogP contribution in [0.4, 0.5) is 4.79 Å². The smallest absolute Gasteiger partial charge is 0.336 e. The SMILES string of the molecule is Cc1cc(=O)oc2cc(OCC(=O)NC(=O)NC3CCCCC3C)ccc12. The summed E-state index contributed by atoms with van der Waals surface area (Å²) in [5, 5.41) is 5.94. The highest BCUT2D eigenvalue weighted by molar-refractivity contribution is 5.95. The fourth-order valence-electron chi connectivity index (χ4n) is 3.44. The molecule has 3 amide bonds. The van der Waals surface area contributed by atoms with Crippen LogP contribution in [0.1, 0.15) is 38.2 Å². The fourth-order valence-corrected chi connectivity index (χ4v) is 3.44. The zero-order valence-electron chi connectivity index (χ0n) is 15.5. The maximum Gasteiger partial charge on any atom is 0.336 e. The van der Waals surface area contributed by atoms with E-state index in [4.69, 9.17) is 9.15 Å². The Balaban J connectivity index is 1.53. The first-order chi connectivity index (χ1) is 12.9. The van der Waals surface area contributed by atoms with E-state index in [-0.39, 0.29) is 12.6 Å². The van der Waals surface area contributed by atoms with Crippen LogP contribution in [0, 0.1) is 12.8 Å². The first kappa shape index (κ1) is 18.9. The molecule has 2 N–H and O–H groups in total. The zero-order valence-corrected chi connectivity index (χ0v) is 15.5. The molecule has 1 aromatic carbocycles. The quantitative estimate of drug-likeness (QED) is 0.804. The zero-order chi connectivity index (χ0) is 19.4. The van der Waals surface area contributed by atoms with Crippen molar-refractivity contribution in [3.05, 3.63) is 40.2 Å². The highest BCUT2D eigenvalue weighted by Gasteiger charge is 2.23. The summed E-state index contributed by atoms with van der Waals surface area (Å²) < 4.78 is 10.6. The maximum atomic E-state index is 12.0. The molecule has 2 atom stereocenters. The molecule has 1 saturated carbocycles. The Morgan fingerprint density at radius 2 is 2.00 bits per heavy atom. The molecule has 0 aliphatic heterocycles. The van der Waals surface area contributed by atoms with E-state index < -0.39 is 17.6 Å². The van der Waals surface area contributed by atoms with Crippen LogP contribution >= 0.6 is 0 Å². The number of imide groups is 1. The second-order valence-electron chi connectivity index (χ2n) is 7.08. The van der Waals surface area contributed by atoms with Gasteiger partial charge in [0.2, 0.25) is 0 Å². The van der Waals surface area contributed by atoms with Crippen molar-refractivity contribution >= 4 is 22.9 Å². The summed E-state index contributed by atoms with van der Waals surface area (Å²) in [6, 6.07) is 6.02. The van der Waals surface area contributed by atoms with Gasteiger partial charge < -0.3 is 14.5 Å². The third kappa shape index (κ3) is 4.87. The number of fused-ring (bicyclic) bond motifs is 1. The van der Waals surface area contributed by atoms with Gasteiger partial charge in [0.25, 0.3) is 5.91 Å². The second kappa shape index (κ2) is 8.24. The number of hydrogen-bond acceptors (Lipinski definition) is 5. The van der Waals surface area contributed by atoms with Crippen molar-refractivity contribution in [3.63, 3.8) is 0 Å². The van der Waals surface area contributed by atoms with Crippen LogP contribution in [0.3, 0.4) is 0 Å². The molecule has 0 radical (unpaired) electrons. The molecule has 0 spiro atoms. The Morgan fingerprint density at radius 3 is 2.78 bits per heavy atom. The van der Waals surface area contributed by atoms with Gasteiger partial charge in [0.1, 0.15) is 11.3 Å². The van der Waals surface area contributed by atoms with Gasteiger partial charge in [-0.25, -0.2) is 9.59 Å². The molecule has 2 aromatic rings. The minimum atomic E-state index is -0.540. The normalized spacial score (nSPS) is 19.5. The number of nitrogens with one attached hydrogen (secondary N) is 2. The lowest BCUT2D eigenvalue weighted by molar-refractivity contribution is -0.122. The third-order valence-electron chi connectivity index (χ3n) is 4.97. The molecule has 144 valence electrons. The Morgan fingerprint density at radius 1 is 1.22 bits per heavy atom. The van der Waals surface area contributed by atoms with E-state index in [0.717, 1.165) is 30.2 Å². The summed E-state index contributed by atoms with van der Waals surface area (Å²) in [6.07, 6.45) is 4.28. The van der Waals surface area contributed by atoms with Gasteiger partial charge in [-0.3, -0.25) is 10.1 Å². The van der Waals surface area contributed by atoms with Crippen molar-refractivity contribution in [1.82, 2.24) is 10.6 Å². The summed E-state index contributed by atoms with van der Waals surface area (Å²) in [4.78, 5) is 35.4. The maximum absolute atomic E-state index is 12.0. The Hall–Kier alpha value is -2.83. The topological polar surface area (TPSA) is 97.6 Å². The molecule has 1 aliphatic rings. The molecule has 7 heteroatoms. The highest BCUT2D eigenvalue weighted by Crippen LogP contribution is 2.24. The number of carbonyl (C=O) groups excluding carboxylic acids is 2. The van der Waals surface area contributed by atoms with Gasteiger partial charge in [-0.1, -0.05) is 19.8 Å². The van der Waals surface area contributed by atoms with Gasteiger partial charge in [0, 0.05) is 23.6 Å². The predicted octanol–water partition coefficient (Wildman–Crippen LogP) is 2.88. The number of benzene rings is 1. The minimum absolute atomic E-state index is 0.0964. The number of aryl methyl sites for hydroxylation is 1. The van der Waals surface area contributed by atoms with Crippen LogP contribution in [0.25, 0.3) is 11.0 Å². The number of hydrogen-bond donors (Lipinski definition) is 2. The van der Waals surface area contributed by atoms with Crippen LogP contribution in [0.2, 0.25) is 0 Å². The lowest BCUT2D eigenvalue weighted by Gasteiger charge is -2.29. The lowest BCUT2D eigenvalue weighted by Crippen LogP contribution is -2.48. The van der Waals surface area contributed by atoms with Crippen molar-refractivity contribution in [3.8, 4) is 5.75 Å². The van der Waals surface area contributed by atoms with Crippen molar-refractivity contribution in [2.24, 2.45) is 5.92 Å². The van der Waals surface area contributed by atoms with Crippen molar-refractivity contribution in [1.29, 1.82) is 0 Å². The highest BCUT2D eigenvalue weighted by atomic mass is 16.5. The molecule has 0 saturated heterocycles. The molecule has 3 rings (SSSR count). The summed E-state index contributed by atoms with van der Waals surface area (Å²) in [7, 11) is 0. The van der Waals surface area contributed by atoms with Gasteiger partial charge in [-0.2, -0.15) is 0 Å². The average molecular weight is 372 g/mol. The molecular formula is C20H24N2O5. The fraction of sp³-hybridized carbons (Fsp3) is 0.450. The molecule has 1 aliphatic carbocycles. The molecule has 1 aromatic heterocycles. The average Bonchev–Trinajstić information content (AvgIpc) is 2.61. The number of ether oxygens (including phenoxy) is 1. The molecule has 7 nitrogen and oxygen atoms in total. The van der Waals surface area contributed by atoms with Gasteiger partial charge in [0.05, 0.1) is 0 Å². The Labute approximate surface area is 157 Å². The van der Waals surface area contributed by atoms with Crippen LogP contribution in [0.15, 0.2) is 33.5 Å². The van der Waals surface area contributed by atoms with E-state index in [1.807, 2.05) is 6.92 Å². The van der Waals surface area contributed by atoms with E-state index in [9.17, 15) is 14.4 Å². The van der Waals surface area contributed by atoms with Crippen LogP contribution in [-0.4, -0.2) is 24.6 Å². The standard InChI is InChI=1S/C20H24N2O5/c1-12-5-3-4-6-16(12)21-20(25)22-18(23)11-26-14-7-8-15-13(2)9-19(24)27-17(15)10-14/h7-10,12,16H,3-6,11H2,1-2H3,(H2,21,22,23,25). The van der Waals surface area contributed by atoms with Crippen molar-refractivity contribution in [2.45, 2.75) is 45.6 Å². The summed E-state index contributed by atoms with van der Waals surface area (Å²) in [5.41, 5.74) is 0.754. The summed E-state index contributed by atoms with van der Waals surface area (Å²) in [5.74, 6) is 0.251. The van der Waals surface area contributed by atoms with Crippen LogP contribution in [0.5, 0.6) is 5.75 Å². The Bertz CT molecular complexity index is 905. The number of carbonyl (C=O) groups is 2. The largest absolute Gasteiger partial charge is 0.484 e. The van der Waals surface area contributed by atoms with E-state index in [1.54, 1.807) is 18.2 Å². The number of amides is 3. The molecule has 1 heterocycles. The lowest BCUT2D eigenvalue weighted by atomic mass is 9.86. The summed E-state index contributed by atoms with van der Waals surface area (Å²) in [6.45, 7) is 3.61. The molecule has 0 bridgehead atoms. The second-order valence-corrected chi connectivity index (χ2v) is 7.08. The predicted molar refractivity (Wildman–Crippen MR) is 101 cm³/mol. The van der Waals surface area contributed by atoms with Gasteiger partial charge >= 0.3 is 11.7 Å². The number of urea groups is 1. The molecule has 1 fully saturated rings. The van der Waals surface area contributed by atoms with Crippen LogP contribution < -0.4 is 21.0 Å². The van der Waals surface area contributed by atoms with E-state index >= 15 is 0 Å². The summed E-state index contributed by atoms with van der Waals surface area (Å²) >= 11 is 0. The van der Waals surface area contributed by atoms with Gasteiger partial charge in [-0.05, 0) is 43.4 Å². The first-order valence-corrected chi connectivity index (χ1v) is 9.20. The van der Waals surface area contributed by atoms with Crippen molar-refractivity contribution in [2.75, 3.05) is 6.61 Å². The monoisotopic (exact) mass is 372 g/mol. The van der Waals surface area contributed by atoms with E-state index in [0.29, 0.717) is 17.3 Å². The van der Waals surface area contributed by atoms with E-state index in [1.165, 1.54) is 12.5 Å². The van der Waals surface area contributed by atoms with Gasteiger partial charge in [0.15, 0.2) is 6.61 Å². The molecular weight excluding hydrogens is 348 g/mol.